The predicted molar refractivity (Wildman–Crippen MR) is 117 cm³/mol. The summed E-state index contributed by atoms with van der Waals surface area (Å²) in [6.45, 7) is 3.20. The van der Waals surface area contributed by atoms with Crippen LogP contribution in [0, 0.1) is 0 Å². The Bertz CT molecular complexity index is 987. The van der Waals surface area contributed by atoms with Gasteiger partial charge in [0, 0.05) is 32.8 Å². The monoisotopic (exact) mass is 418 g/mol. The van der Waals surface area contributed by atoms with Crippen LogP contribution in [0.5, 0.6) is 0 Å². The zero-order valence-electron chi connectivity index (χ0n) is 17.4. The van der Waals surface area contributed by atoms with Crippen LogP contribution in [-0.2, 0) is 22.6 Å². The van der Waals surface area contributed by atoms with E-state index in [1.165, 1.54) is 11.1 Å². The van der Waals surface area contributed by atoms with E-state index < -0.39 is 0 Å². The third kappa shape index (κ3) is 4.18. The van der Waals surface area contributed by atoms with Gasteiger partial charge in [0.2, 0.25) is 0 Å². The lowest BCUT2D eigenvalue weighted by atomic mass is 10.0. The van der Waals surface area contributed by atoms with Crippen LogP contribution in [0.15, 0.2) is 48.7 Å². The first-order chi connectivity index (χ1) is 15.2. The first kappa shape index (κ1) is 19.8. The number of nitrogens with one attached hydrogen (secondary N) is 1. The Kier molecular flexibility index (Phi) is 5.42. The molecule has 0 radical (unpaired) electrons. The summed E-state index contributed by atoms with van der Waals surface area (Å²) in [6, 6.07) is 11.8. The molecule has 4 heterocycles. The van der Waals surface area contributed by atoms with Crippen molar-refractivity contribution in [3.8, 4) is 0 Å². The molecule has 160 valence electrons. The van der Waals surface area contributed by atoms with Crippen LogP contribution in [0.2, 0.25) is 0 Å². The van der Waals surface area contributed by atoms with Gasteiger partial charge in [0.1, 0.15) is 6.10 Å². The number of carbonyl (C=O) groups excluding carboxylic acids is 2. The van der Waals surface area contributed by atoms with Gasteiger partial charge in [-0.15, -0.1) is 0 Å². The number of aromatic nitrogens is 1. The molecule has 0 aliphatic carbocycles. The smallest absolute Gasteiger partial charge is 0.322 e. The Hall–Kier alpha value is -3.19. The Labute approximate surface area is 181 Å². The van der Waals surface area contributed by atoms with Crippen LogP contribution >= 0.6 is 0 Å². The zero-order chi connectivity index (χ0) is 21.2. The standard InChI is InChI=1S/C24H26N4O3/c29-23(22-6-3-13-31-22)27-11-9-17(10-12-27)21-8-7-20(14-25-21)26-24(30)28-15-18-4-1-2-5-19(18)16-28/h1-2,4-5,7-9,14,22H,3,6,10-13,15-16H2,(H,26,30). The molecule has 1 unspecified atom stereocenters. The van der Waals surface area contributed by atoms with E-state index in [0.717, 1.165) is 30.5 Å². The molecule has 0 spiro atoms. The topological polar surface area (TPSA) is 74.8 Å². The average Bonchev–Trinajstić information content (AvgIpc) is 3.49. The molecule has 1 atom stereocenters. The molecule has 5 rings (SSSR count). The fourth-order valence-electron chi connectivity index (χ4n) is 4.42. The fourth-order valence-corrected chi connectivity index (χ4v) is 4.42. The number of amides is 3. The van der Waals surface area contributed by atoms with Crippen LogP contribution in [0.1, 0.15) is 36.1 Å². The van der Waals surface area contributed by atoms with Crippen molar-refractivity contribution in [2.24, 2.45) is 0 Å². The van der Waals surface area contributed by atoms with E-state index in [1.54, 1.807) is 11.1 Å². The molecule has 2 aromatic rings. The van der Waals surface area contributed by atoms with Crippen molar-refractivity contribution >= 4 is 23.2 Å². The molecule has 1 N–H and O–H groups in total. The molecule has 3 amide bonds. The summed E-state index contributed by atoms with van der Waals surface area (Å²) in [5, 5.41) is 2.94. The third-order valence-electron chi connectivity index (χ3n) is 6.20. The molecule has 0 saturated carbocycles. The van der Waals surface area contributed by atoms with Gasteiger partial charge in [0.05, 0.1) is 17.6 Å². The maximum absolute atomic E-state index is 12.6. The number of benzene rings is 1. The lowest BCUT2D eigenvalue weighted by molar-refractivity contribution is -0.140. The first-order valence-corrected chi connectivity index (χ1v) is 10.9. The summed E-state index contributed by atoms with van der Waals surface area (Å²) in [7, 11) is 0. The van der Waals surface area contributed by atoms with E-state index in [4.69, 9.17) is 4.74 Å². The number of anilines is 1. The highest BCUT2D eigenvalue weighted by atomic mass is 16.5. The zero-order valence-corrected chi connectivity index (χ0v) is 17.4. The molecule has 1 aromatic carbocycles. The van der Waals surface area contributed by atoms with Crippen molar-refractivity contribution in [2.75, 3.05) is 25.0 Å². The number of rotatable bonds is 3. The van der Waals surface area contributed by atoms with Crippen molar-refractivity contribution < 1.29 is 14.3 Å². The summed E-state index contributed by atoms with van der Waals surface area (Å²) < 4.78 is 5.52. The number of ether oxygens (including phenoxy) is 1. The fraction of sp³-hybridized carbons (Fsp3) is 0.375. The van der Waals surface area contributed by atoms with E-state index in [2.05, 4.69) is 28.5 Å². The summed E-state index contributed by atoms with van der Waals surface area (Å²) in [4.78, 5) is 33.3. The van der Waals surface area contributed by atoms with Crippen LogP contribution in [0.25, 0.3) is 5.57 Å². The molecule has 1 aromatic heterocycles. The van der Waals surface area contributed by atoms with Gasteiger partial charge in [-0.25, -0.2) is 4.79 Å². The number of hydrogen-bond acceptors (Lipinski definition) is 4. The van der Waals surface area contributed by atoms with E-state index in [-0.39, 0.29) is 18.0 Å². The minimum Gasteiger partial charge on any atom is -0.368 e. The van der Waals surface area contributed by atoms with Gasteiger partial charge < -0.3 is 19.9 Å². The van der Waals surface area contributed by atoms with E-state index >= 15 is 0 Å². The van der Waals surface area contributed by atoms with Gasteiger partial charge in [-0.3, -0.25) is 9.78 Å². The van der Waals surface area contributed by atoms with Gasteiger partial charge in [-0.05, 0) is 48.1 Å². The van der Waals surface area contributed by atoms with Crippen molar-refractivity contribution in [2.45, 2.75) is 38.5 Å². The summed E-state index contributed by atoms with van der Waals surface area (Å²) in [6.07, 6.45) is 6.05. The second kappa shape index (κ2) is 8.51. The normalized spacial score (nSPS) is 20.4. The number of nitrogens with zero attached hydrogens (tertiary/aromatic N) is 3. The number of carbonyl (C=O) groups is 2. The number of pyridine rings is 1. The molecule has 1 fully saturated rings. The minimum atomic E-state index is -0.264. The Morgan fingerprint density at radius 3 is 2.48 bits per heavy atom. The van der Waals surface area contributed by atoms with Gasteiger partial charge in [0.25, 0.3) is 5.91 Å². The average molecular weight is 418 g/mol. The predicted octanol–water partition coefficient (Wildman–Crippen LogP) is 3.42. The van der Waals surface area contributed by atoms with Crippen LogP contribution in [-0.4, -0.2) is 52.5 Å². The van der Waals surface area contributed by atoms with Gasteiger partial charge in [0.15, 0.2) is 0 Å². The molecule has 7 heteroatoms. The van der Waals surface area contributed by atoms with Crippen molar-refractivity contribution in [1.29, 1.82) is 0 Å². The first-order valence-electron chi connectivity index (χ1n) is 10.9. The molecule has 31 heavy (non-hydrogen) atoms. The molecule has 3 aliphatic rings. The van der Waals surface area contributed by atoms with Crippen LogP contribution in [0.4, 0.5) is 10.5 Å². The van der Waals surface area contributed by atoms with Gasteiger partial charge in [-0.1, -0.05) is 30.3 Å². The highest BCUT2D eigenvalue weighted by Gasteiger charge is 2.29. The Morgan fingerprint density at radius 2 is 1.87 bits per heavy atom. The second-order valence-corrected chi connectivity index (χ2v) is 8.25. The second-order valence-electron chi connectivity index (χ2n) is 8.25. The number of fused-ring (bicyclic) bond motifs is 1. The summed E-state index contributed by atoms with van der Waals surface area (Å²) in [5.74, 6) is 0.0999. The van der Waals surface area contributed by atoms with Crippen molar-refractivity contribution in [3.05, 3.63) is 65.5 Å². The van der Waals surface area contributed by atoms with Crippen LogP contribution < -0.4 is 5.32 Å². The molecule has 0 bridgehead atoms. The maximum atomic E-state index is 12.6. The highest BCUT2D eigenvalue weighted by Crippen LogP contribution is 2.25. The van der Waals surface area contributed by atoms with Gasteiger partial charge >= 0.3 is 6.03 Å². The Balaban J connectivity index is 1.17. The summed E-state index contributed by atoms with van der Waals surface area (Å²) >= 11 is 0. The highest BCUT2D eigenvalue weighted by molar-refractivity contribution is 5.89. The summed E-state index contributed by atoms with van der Waals surface area (Å²) in [5.41, 5.74) is 5.08. The van der Waals surface area contributed by atoms with E-state index in [0.29, 0.717) is 38.5 Å². The SMILES string of the molecule is O=C(Nc1ccc(C2=CCN(C(=O)C3CCCO3)CC2)nc1)N1Cc2ccccc2C1. The molecule has 1 saturated heterocycles. The number of hydrogen-bond donors (Lipinski definition) is 1. The third-order valence-corrected chi connectivity index (χ3v) is 6.20. The molecular weight excluding hydrogens is 392 g/mol. The maximum Gasteiger partial charge on any atom is 0.322 e. The lowest BCUT2D eigenvalue weighted by Gasteiger charge is -2.28. The quantitative estimate of drug-likeness (QED) is 0.829. The molecule has 7 nitrogen and oxygen atoms in total. The lowest BCUT2D eigenvalue weighted by Crippen LogP contribution is -2.41. The Morgan fingerprint density at radius 1 is 1.06 bits per heavy atom. The minimum absolute atomic E-state index is 0.0999. The van der Waals surface area contributed by atoms with Crippen LogP contribution in [0.3, 0.4) is 0 Å². The molecular formula is C24H26N4O3. The molecule has 3 aliphatic heterocycles. The van der Waals surface area contributed by atoms with E-state index in [1.807, 2.05) is 29.2 Å². The number of urea groups is 1. The van der Waals surface area contributed by atoms with Crippen molar-refractivity contribution in [3.63, 3.8) is 0 Å². The van der Waals surface area contributed by atoms with Gasteiger partial charge in [-0.2, -0.15) is 0 Å². The van der Waals surface area contributed by atoms with E-state index in [9.17, 15) is 9.59 Å². The van der Waals surface area contributed by atoms with Crippen molar-refractivity contribution in [1.82, 2.24) is 14.8 Å². The largest absolute Gasteiger partial charge is 0.368 e.